The molecule has 1 aliphatic carbocycles. The topological polar surface area (TPSA) is 41.8 Å². The van der Waals surface area contributed by atoms with E-state index >= 15 is 0 Å². The molecule has 0 saturated heterocycles. The second-order valence-corrected chi connectivity index (χ2v) is 9.03. The van der Waals surface area contributed by atoms with Gasteiger partial charge >= 0.3 is 0 Å². The van der Waals surface area contributed by atoms with E-state index in [1.54, 1.807) is 6.92 Å². The standard InChI is InChI=1S/C27H31ClN2O/c1-16-7-12-24-19(4)17(2)13-14-29-21(6)25(15-18(3)31)30-27(26(24)20(16)5)22-8-10-23(28)11-9-22/h8-11,13-14,19H,7,12,15H2,1-6H3/b17-13-,25-21+,29-14-,30-27?. The summed E-state index contributed by atoms with van der Waals surface area (Å²) >= 11 is 6.19. The van der Waals surface area contributed by atoms with Crippen LogP contribution in [-0.2, 0) is 4.79 Å². The third kappa shape index (κ3) is 5.22. The number of hydrogen-bond donors (Lipinski definition) is 0. The molecule has 1 heterocycles. The molecular weight excluding hydrogens is 404 g/mol. The van der Waals surface area contributed by atoms with Crippen LogP contribution in [0.1, 0.15) is 66.4 Å². The van der Waals surface area contributed by atoms with Gasteiger partial charge in [0.25, 0.3) is 0 Å². The molecule has 0 fully saturated rings. The van der Waals surface area contributed by atoms with Crippen LogP contribution in [0.2, 0.25) is 5.02 Å². The van der Waals surface area contributed by atoms with Gasteiger partial charge in [0.15, 0.2) is 0 Å². The molecule has 1 atom stereocenters. The predicted molar refractivity (Wildman–Crippen MR) is 132 cm³/mol. The Labute approximate surface area is 191 Å². The average Bonchev–Trinajstić information content (AvgIpc) is 2.74. The van der Waals surface area contributed by atoms with Gasteiger partial charge in [0.2, 0.25) is 0 Å². The zero-order valence-corrected chi connectivity index (χ0v) is 20.1. The number of rotatable bonds is 3. The SMILES string of the molecule is CC(=O)C\C1=C(C)/N=C\C=C(\C)C(C)C2=C(C(c3ccc(Cl)cc3)=N1)C(C)=C(C)CC2. The Balaban J connectivity index is 2.41. The molecule has 0 radical (unpaired) electrons. The molecular formula is C27H31ClN2O. The number of nitrogens with zero attached hydrogens (tertiary/aromatic N) is 2. The zero-order valence-electron chi connectivity index (χ0n) is 19.3. The van der Waals surface area contributed by atoms with Gasteiger partial charge in [-0.25, -0.2) is 4.99 Å². The smallest absolute Gasteiger partial charge is 0.135 e. The first-order valence-electron chi connectivity index (χ1n) is 10.8. The first-order valence-corrected chi connectivity index (χ1v) is 11.2. The van der Waals surface area contributed by atoms with Crippen LogP contribution in [0, 0.1) is 5.92 Å². The maximum absolute atomic E-state index is 12.1. The number of benzene rings is 1. The lowest BCUT2D eigenvalue weighted by atomic mass is 9.76. The highest BCUT2D eigenvalue weighted by Crippen LogP contribution is 2.39. The van der Waals surface area contributed by atoms with Crippen molar-refractivity contribution >= 4 is 29.3 Å². The van der Waals surface area contributed by atoms with Gasteiger partial charge < -0.3 is 0 Å². The Hall–Kier alpha value is -2.52. The first-order chi connectivity index (χ1) is 14.7. The van der Waals surface area contributed by atoms with E-state index in [2.05, 4.69) is 38.8 Å². The van der Waals surface area contributed by atoms with Crippen LogP contribution < -0.4 is 0 Å². The number of carbonyl (C=O) groups excluding carboxylic acids is 1. The fourth-order valence-electron chi connectivity index (χ4n) is 4.10. The summed E-state index contributed by atoms with van der Waals surface area (Å²) in [4.78, 5) is 21.8. The quantitative estimate of drug-likeness (QED) is 0.487. The molecule has 2 aliphatic rings. The fourth-order valence-corrected chi connectivity index (χ4v) is 4.23. The van der Waals surface area contributed by atoms with E-state index in [0.717, 1.165) is 29.8 Å². The Morgan fingerprint density at radius 1 is 1.10 bits per heavy atom. The zero-order chi connectivity index (χ0) is 22.7. The van der Waals surface area contributed by atoms with Crippen molar-refractivity contribution in [1.82, 2.24) is 0 Å². The molecule has 1 aromatic rings. The molecule has 1 aromatic carbocycles. The van der Waals surface area contributed by atoms with Crippen LogP contribution in [0.25, 0.3) is 0 Å². The summed E-state index contributed by atoms with van der Waals surface area (Å²) in [5, 5.41) is 0.690. The molecule has 4 heteroatoms. The number of Topliss-reactive ketones (excluding diaryl/α,β-unsaturated/α-hetero) is 1. The predicted octanol–water partition coefficient (Wildman–Crippen LogP) is 7.43. The fraction of sp³-hybridized carbons (Fsp3) is 0.370. The largest absolute Gasteiger partial charge is 0.300 e. The molecule has 0 N–H and O–H groups in total. The lowest BCUT2D eigenvalue weighted by molar-refractivity contribution is -0.116. The molecule has 0 spiro atoms. The van der Waals surface area contributed by atoms with E-state index in [1.165, 1.54) is 27.9 Å². The number of halogens is 1. The van der Waals surface area contributed by atoms with Gasteiger partial charge in [0.1, 0.15) is 5.78 Å². The second-order valence-electron chi connectivity index (χ2n) is 8.59. The molecule has 0 amide bonds. The van der Waals surface area contributed by atoms with Gasteiger partial charge in [0, 0.05) is 22.4 Å². The monoisotopic (exact) mass is 434 g/mol. The highest BCUT2D eigenvalue weighted by Gasteiger charge is 2.26. The number of hydrogen-bond acceptors (Lipinski definition) is 3. The van der Waals surface area contributed by atoms with E-state index in [9.17, 15) is 4.79 Å². The van der Waals surface area contributed by atoms with Crippen LogP contribution in [-0.4, -0.2) is 17.7 Å². The van der Waals surface area contributed by atoms with Crippen LogP contribution >= 0.6 is 11.6 Å². The number of aliphatic imine (C=N–C) groups is 2. The van der Waals surface area contributed by atoms with Gasteiger partial charge in [0.05, 0.1) is 23.5 Å². The molecule has 1 unspecified atom stereocenters. The van der Waals surface area contributed by atoms with Crippen LogP contribution in [0.5, 0.6) is 0 Å². The lowest BCUT2D eigenvalue weighted by Crippen LogP contribution is -2.18. The van der Waals surface area contributed by atoms with Gasteiger partial charge in [-0.15, -0.1) is 0 Å². The molecule has 0 bridgehead atoms. The van der Waals surface area contributed by atoms with Crippen molar-refractivity contribution < 1.29 is 4.79 Å². The normalized spacial score (nSPS) is 25.3. The molecule has 0 saturated carbocycles. The summed E-state index contributed by atoms with van der Waals surface area (Å²) in [7, 11) is 0. The van der Waals surface area contributed by atoms with Gasteiger partial charge in [-0.05, 0) is 77.2 Å². The van der Waals surface area contributed by atoms with E-state index in [0.29, 0.717) is 10.7 Å². The highest BCUT2D eigenvalue weighted by molar-refractivity contribution is 6.30. The van der Waals surface area contributed by atoms with Crippen molar-refractivity contribution in [2.45, 2.75) is 60.8 Å². The van der Waals surface area contributed by atoms with Gasteiger partial charge in [-0.2, -0.15) is 0 Å². The van der Waals surface area contributed by atoms with Crippen LogP contribution in [0.15, 0.2) is 79.6 Å². The molecule has 3 rings (SSSR count). The van der Waals surface area contributed by atoms with E-state index < -0.39 is 0 Å². The minimum atomic E-state index is 0.0695. The Bertz CT molecular complexity index is 1080. The molecule has 31 heavy (non-hydrogen) atoms. The number of carbonyl (C=O) groups is 1. The molecule has 0 aromatic heterocycles. The van der Waals surface area contributed by atoms with Crippen molar-refractivity contribution in [3.63, 3.8) is 0 Å². The molecule has 162 valence electrons. The van der Waals surface area contributed by atoms with E-state index in [-0.39, 0.29) is 18.1 Å². The Morgan fingerprint density at radius 3 is 2.42 bits per heavy atom. The number of ketones is 1. The van der Waals surface area contributed by atoms with Crippen molar-refractivity contribution in [2.75, 3.05) is 0 Å². The summed E-state index contributed by atoms with van der Waals surface area (Å²) in [5.41, 5.74) is 9.87. The Morgan fingerprint density at radius 2 is 1.77 bits per heavy atom. The van der Waals surface area contributed by atoms with Crippen molar-refractivity contribution in [3.8, 4) is 0 Å². The second kappa shape index (κ2) is 9.74. The van der Waals surface area contributed by atoms with Crippen molar-refractivity contribution in [3.05, 3.63) is 80.2 Å². The summed E-state index contributed by atoms with van der Waals surface area (Å²) < 4.78 is 0. The summed E-state index contributed by atoms with van der Waals surface area (Å²) in [6.07, 6.45) is 6.22. The maximum Gasteiger partial charge on any atom is 0.135 e. The van der Waals surface area contributed by atoms with Crippen molar-refractivity contribution in [2.24, 2.45) is 15.9 Å². The lowest BCUT2D eigenvalue weighted by Gasteiger charge is -2.29. The summed E-state index contributed by atoms with van der Waals surface area (Å²) in [5.74, 6) is 0.344. The van der Waals surface area contributed by atoms with Crippen LogP contribution in [0.4, 0.5) is 0 Å². The van der Waals surface area contributed by atoms with E-state index in [1.807, 2.05) is 37.4 Å². The maximum atomic E-state index is 12.1. The minimum Gasteiger partial charge on any atom is -0.300 e. The van der Waals surface area contributed by atoms with Gasteiger partial charge in [-0.1, -0.05) is 47.4 Å². The molecule has 1 aliphatic heterocycles. The third-order valence-electron chi connectivity index (χ3n) is 6.35. The summed E-state index contributed by atoms with van der Waals surface area (Å²) in [6, 6.07) is 7.82. The molecule has 3 nitrogen and oxygen atoms in total. The summed E-state index contributed by atoms with van der Waals surface area (Å²) in [6.45, 7) is 12.3. The minimum absolute atomic E-state index is 0.0695. The first kappa shape index (κ1) is 23.1. The van der Waals surface area contributed by atoms with Crippen LogP contribution in [0.3, 0.4) is 0 Å². The van der Waals surface area contributed by atoms with E-state index in [4.69, 9.17) is 16.6 Å². The third-order valence-corrected chi connectivity index (χ3v) is 6.60. The van der Waals surface area contributed by atoms with Crippen molar-refractivity contribution in [1.29, 1.82) is 0 Å². The highest BCUT2D eigenvalue weighted by atomic mass is 35.5. The number of allylic oxidation sites excluding steroid dienone is 8. The van der Waals surface area contributed by atoms with Gasteiger partial charge in [-0.3, -0.25) is 9.79 Å². The Kier molecular flexibility index (Phi) is 7.27. The average molecular weight is 435 g/mol.